The molecule has 0 aliphatic carbocycles. The van der Waals surface area contributed by atoms with E-state index >= 15 is 0 Å². The van der Waals surface area contributed by atoms with Crippen LogP contribution in [0.3, 0.4) is 0 Å². The summed E-state index contributed by atoms with van der Waals surface area (Å²) in [5, 5.41) is 12.8. The van der Waals surface area contributed by atoms with Gasteiger partial charge in [0.15, 0.2) is 11.4 Å². The summed E-state index contributed by atoms with van der Waals surface area (Å²) in [4.78, 5) is 0. The van der Waals surface area contributed by atoms with Gasteiger partial charge in [-0.2, -0.15) is 10.4 Å². The first kappa shape index (κ1) is 9.59. The lowest BCUT2D eigenvalue weighted by molar-refractivity contribution is 0.169. The van der Waals surface area contributed by atoms with E-state index in [1.807, 2.05) is 6.92 Å². The number of hydrogen-bond donors (Lipinski definition) is 0. The number of hydrogen-bond acceptors (Lipinski definition) is 3. The Kier molecular flexibility index (Phi) is 2.57. The van der Waals surface area contributed by atoms with Crippen LogP contribution < -0.4 is 4.74 Å². The van der Waals surface area contributed by atoms with E-state index in [2.05, 4.69) is 11.2 Å². The Morgan fingerprint density at radius 2 is 2.38 bits per heavy atom. The van der Waals surface area contributed by atoms with E-state index < -0.39 is 5.60 Å². The molecule has 0 spiro atoms. The predicted octanol–water partition coefficient (Wildman–Crippen LogP) is 1.58. The van der Waals surface area contributed by atoms with Crippen molar-refractivity contribution in [2.75, 3.05) is 0 Å². The van der Waals surface area contributed by atoms with Crippen LogP contribution in [-0.2, 0) is 6.54 Å². The van der Waals surface area contributed by atoms with Gasteiger partial charge in [-0.25, -0.2) is 0 Å². The van der Waals surface area contributed by atoms with E-state index in [1.54, 1.807) is 30.9 Å². The fraction of sp³-hybridized carbons (Fsp3) is 0.556. The molecular weight excluding hydrogens is 166 g/mol. The Labute approximate surface area is 77.7 Å². The Morgan fingerprint density at radius 3 is 2.85 bits per heavy atom. The second-order valence-electron chi connectivity index (χ2n) is 3.26. The minimum absolute atomic E-state index is 0.633. The summed E-state index contributed by atoms with van der Waals surface area (Å²) < 4.78 is 7.14. The van der Waals surface area contributed by atoms with Gasteiger partial charge >= 0.3 is 0 Å². The molecule has 0 amide bonds. The zero-order chi connectivity index (χ0) is 9.90. The molecule has 1 aromatic heterocycles. The van der Waals surface area contributed by atoms with Gasteiger partial charge in [0, 0.05) is 6.54 Å². The first-order valence-electron chi connectivity index (χ1n) is 4.20. The molecule has 70 valence electrons. The van der Waals surface area contributed by atoms with Gasteiger partial charge < -0.3 is 4.74 Å². The van der Waals surface area contributed by atoms with E-state index in [9.17, 15) is 0 Å². The molecule has 1 aromatic rings. The normalized spacial score (nSPS) is 10.9. The molecule has 0 aliphatic rings. The zero-order valence-electron chi connectivity index (χ0n) is 8.11. The summed E-state index contributed by atoms with van der Waals surface area (Å²) in [5.41, 5.74) is -0.790. The van der Waals surface area contributed by atoms with Crippen LogP contribution >= 0.6 is 0 Å². The summed E-state index contributed by atoms with van der Waals surface area (Å²) in [6.07, 6.45) is 3.39. The molecule has 1 rings (SSSR count). The second kappa shape index (κ2) is 3.48. The number of ether oxygens (including phenoxy) is 1. The summed E-state index contributed by atoms with van der Waals surface area (Å²) in [5.74, 6) is 0.633. The fourth-order valence-corrected chi connectivity index (χ4v) is 0.888. The van der Waals surface area contributed by atoms with Gasteiger partial charge in [-0.1, -0.05) is 0 Å². The molecule has 13 heavy (non-hydrogen) atoms. The maximum Gasteiger partial charge on any atom is 0.188 e. The molecule has 0 unspecified atom stereocenters. The molecule has 0 fully saturated rings. The molecule has 4 nitrogen and oxygen atoms in total. The second-order valence-corrected chi connectivity index (χ2v) is 3.26. The van der Waals surface area contributed by atoms with E-state index in [0.29, 0.717) is 5.75 Å². The smallest absolute Gasteiger partial charge is 0.188 e. The molecule has 0 aromatic carbocycles. The molecule has 0 atom stereocenters. The number of aryl methyl sites for hydroxylation is 1. The Bertz CT molecular complexity index is 322. The summed E-state index contributed by atoms with van der Waals surface area (Å²) in [6.45, 7) is 6.23. The monoisotopic (exact) mass is 179 g/mol. The van der Waals surface area contributed by atoms with Gasteiger partial charge in [0.05, 0.1) is 12.4 Å². The molecular formula is C9H13N3O. The number of rotatable bonds is 3. The van der Waals surface area contributed by atoms with Gasteiger partial charge in [-0.3, -0.25) is 4.68 Å². The van der Waals surface area contributed by atoms with Crippen molar-refractivity contribution >= 4 is 0 Å². The van der Waals surface area contributed by atoms with Gasteiger partial charge in [-0.05, 0) is 20.8 Å². The lowest BCUT2D eigenvalue weighted by Crippen LogP contribution is -2.25. The van der Waals surface area contributed by atoms with Crippen LogP contribution in [0.5, 0.6) is 5.75 Å². The van der Waals surface area contributed by atoms with Crippen molar-refractivity contribution in [1.82, 2.24) is 9.78 Å². The maximum absolute atomic E-state index is 8.72. The summed E-state index contributed by atoms with van der Waals surface area (Å²) >= 11 is 0. The third kappa shape index (κ3) is 2.48. The highest BCUT2D eigenvalue weighted by Gasteiger charge is 2.18. The molecule has 0 saturated heterocycles. The quantitative estimate of drug-likeness (QED) is 0.707. The lowest BCUT2D eigenvalue weighted by atomic mass is 10.2. The summed E-state index contributed by atoms with van der Waals surface area (Å²) in [6, 6.07) is 2.06. The Hall–Kier alpha value is -1.50. The highest BCUT2D eigenvalue weighted by molar-refractivity contribution is 5.15. The maximum atomic E-state index is 8.72. The lowest BCUT2D eigenvalue weighted by Gasteiger charge is -2.15. The van der Waals surface area contributed by atoms with Crippen molar-refractivity contribution in [3.63, 3.8) is 0 Å². The highest BCUT2D eigenvalue weighted by atomic mass is 16.5. The van der Waals surface area contributed by atoms with Crippen molar-refractivity contribution in [2.45, 2.75) is 32.9 Å². The van der Waals surface area contributed by atoms with E-state index in [-0.39, 0.29) is 0 Å². The van der Waals surface area contributed by atoms with Crippen LogP contribution in [0.2, 0.25) is 0 Å². The number of nitriles is 1. The standard InChI is InChI=1S/C9H13N3O/c1-4-12-6-8(5-11-12)13-9(2,3)7-10/h5-6H,4H2,1-3H3. The molecule has 0 saturated carbocycles. The average Bonchev–Trinajstić information content (AvgIpc) is 2.52. The first-order valence-corrected chi connectivity index (χ1v) is 4.20. The SMILES string of the molecule is CCn1cc(OC(C)(C)C#N)cn1. The minimum atomic E-state index is -0.790. The van der Waals surface area contributed by atoms with Gasteiger partial charge in [-0.15, -0.1) is 0 Å². The fourth-order valence-electron chi connectivity index (χ4n) is 0.888. The van der Waals surface area contributed by atoms with Crippen LogP contribution in [-0.4, -0.2) is 15.4 Å². The van der Waals surface area contributed by atoms with Crippen LogP contribution in [0.25, 0.3) is 0 Å². The van der Waals surface area contributed by atoms with Crippen molar-refractivity contribution in [2.24, 2.45) is 0 Å². The first-order chi connectivity index (χ1) is 6.07. The van der Waals surface area contributed by atoms with Crippen LogP contribution in [0.1, 0.15) is 20.8 Å². The van der Waals surface area contributed by atoms with Crippen LogP contribution in [0.15, 0.2) is 12.4 Å². The van der Waals surface area contributed by atoms with Crippen LogP contribution in [0.4, 0.5) is 0 Å². The van der Waals surface area contributed by atoms with Gasteiger partial charge in [0.25, 0.3) is 0 Å². The minimum Gasteiger partial charge on any atom is -0.470 e. The molecule has 0 N–H and O–H groups in total. The predicted molar refractivity (Wildman–Crippen MR) is 48.2 cm³/mol. The molecule has 0 radical (unpaired) electrons. The van der Waals surface area contributed by atoms with E-state index in [0.717, 1.165) is 6.54 Å². The van der Waals surface area contributed by atoms with Gasteiger partial charge in [0.2, 0.25) is 0 Å². The number of nitrogens with zero attached hydrogens (tertiary/aromatic N) is 3. The third-order valence-electron chi connectivity index (χ3n) is 1.58. The average molecular weight is 179 g/mol. The highest BCUT2D eigenvalue weighted by Crippen LogP contribution is 2.16. The largest absolute Gasteiger partial charge is 0.470 e. The van der Waals surface area contributed by atoms with E-state index in [1.165, 1.54) is 0 Å². The molecule has 1 heterocycles. The topological polar surface area (TPSA) is 50.8 Å². The molecule has 0 bridgehead atoms. The van der Waals surface area contributed by atoms with Crippen molar-refractivity contribution in [3.05, 3.63) is 12.4 Å². The van der Waals surface area contributed by atoms with Crippen LogP contribution in [0, 0.1) is 11.3 Å². The third-order valence-corrected chi connectivity index (χ3v) is 1.58. The zero-order valence-corrected chi connectivity index (χ0v) is 8.11. The van der Waals surface area contributed by atoms with Crippen molar-refractivity contribution in [1.29, 1.82) is 5.26 Å². The summed E-state index contributed by atoms with van der Waals surface area (Å²) in [7, 11) is 0. The van der Waals surface area contributed by atoms with E-state index in [4.69, 9.17) is 10.00 Å². The molecule has 0 aliphatic heterocycles. The molecule has 4 heteroatoms. The number of aromatic nitrogens is 2. The van der Waals surface area contributed by atoms with Crippen molar-refractivity contribution in [3.8, 4) is 11.8 Å². The van der Waals surface area contributed by atoms with Crippen molar-refractivity contribution < 1.29 is 4.74 Å². The Balaban J connectivity index is 2.70. The Morgan fingerprint density at radius 1 is 1.69 bits per heavy atom. The van der Waals surface area contributed by atoms with Gasteiger partial charge in [0.1, 0.15) is 6.07 Å².